The molecule has 0 spiro atoms. The predicted molar refractivity (Wildman–Crippen MR) is 143 cm³/mol. The molecule has 4 rings (SSSR count). The number of piperidine rings is 1. The number of likely N-dealkylation sites (tertiary alicyclic amines) is 1. The minimum Gasteiger partial charge on any atom is -0.378 e. The van der Waals surface area contributed by atoms with Gasteiger partial charge >= 0.3 is 0 Å². The summed E-state index contributed by atoms with van der Waals surface area (Å²) in [6.45, 7) is 6.59. The molecule has 1 saturated heterocycles. The Morgan fingerprint density at radius 3 is 2.31 bits per heavy atom. The van der Waals surface area contributed by atoms with Gasteiger partial charge in [-0.1, -0.05) is 49.6 Å². The molecular formula is C27H43N7O2. The summed E-state index contributed by atoms with van der Waals surface area (Å²) in [6, 6.07) is 11.1. The Balaban J connectivity index is 1.29. The van der Waals surface area contributed by atoms with Crippen molar-refractivity contribution in [3.05, 3.63) is 41.7 Å². The van der Waals surface area contributed by atoms with E-state index in [1.54, 1.807) is 0 Å². The molecule has 36 heavy (non-hydrogen) atoms. The van der Waals surface area contributed by atoms with E-state index in [1.807, 2.05) is 0 Å². The molecule has 0 unspecified atom stereocenters. The van der Waals surface area contributed by atoms with E-state index in [0.717, 1.165) is 51.1 Å². The van der Waals surface area contributed by atoms with Crippen molar-refractivity contribution in [2.24, 2.45) is 5.73 Å². The molecule has 1 aromatic heterocycles. The number of rotatable bonds is 14. The van der Waals surface area contributed by atoms with Gasteiger partial charge in [0.15, 0.2) is 0 Å². The quantitative estimate of drug-likeness (QED) is 0.338. The van der Waals surface area contributed by atoms with E-state index in [0.29, 0.717) is 63.4 Å². The number of nitrogens with zero attached hydrogens (tertiary/aromatic N) is 4. The maximum atomic E-state index is 5.63. The van der Waals surface area contributed by atoms with Crippen molar-refractivity contribution < 1.29 is 9.47 Å². The average molecular weight is 498 g/mol. The molecule has 9 nitrogen and oxygen atoms in total. The second kappa shape index (κ2) is 15.0. The van der Waals surface area contributed by atoms with Gasteiger partial charge in [-0.3, -0.25) is 4.90 Å². The summed E-state index contributed by atoms with van der Waals surface area (Å²) >= 11 is 0. The lowest BCUT2D eigenvalue weighted by atomic mass is 9.89. The molecule has 2 fully saturated rings. The smallest absolute Gasteiger partial charge is 0.227 e. The molecule has 2 aliphatic rings. The van der Waals surface area contributed by atoms with Crippen LogP contribution < -0.4 is 16.4 Å². The minimum absolute atomic E-state index is 0.378. The maximum absolute atomic E-state index is 5.63. The highest BCUT2D eigenvalue weighted by atomic mass is 16.5. The zero-order valence-corrected chi connectivity index (χ0v) is 21.5. The number of ether oxygens (including phenoxy) is 2. The molecule has 2 heterocycles. The Hall–Kier alpha value is -2.33. The summed E-state index contributed by atoms with van der Waals surface area (Å²) in [5.74, 6) is 2.68. The van der Waals surface area contributed by atoms with Crippen LogP contribution in [0, 0.1) is 0 Å². The zero-order chi connectivity index (χ0) is 24.8. The predicted octanol–water partition coefficient (Wildman–Crippen LogP) is 3.40. The lowest BCUT2D eigenvalue weighted by Gasteiger charge is -2.32. The Bertz CT molecular complexity index is 872. The summed E-state index contributed by atoms with van der Waals surface area (Å²) in [6.07, 6.45) is 8.30. The second-order valence-corrected chi connectivity index (χ2v) is 9.80. The number of hydrogen-bond donors (Lipinski definition) is 3. The molecule has 198 valence electrons. The van der Waals surface area contributed by atoms with Crippen molar-refractivity contribution in [3.8, 4) is 0 Å². The first-order valence-corrected chi connectivity index (χ1v) is 13.7. The maximum Gasteiger partial charge on any atom is 0.227 e. The zero-order valence-electron chi connectivity index (χ0n) is 21.5. The molecule has 1 aromatic carbocycles. The molecule has 1 saturated carbocycles. The normalized spacial score (nSPS) is 17.8. The average Bonchev–Trinajstić information content (AvgIpc) is 2.92. The summed E-state index contributed by atoms with van der Waals surface area (Å²) in [4.78, 5) is 16.9. The highest BCUT2D eigenvalue weighted by Gasteiger charge is 2.23. The molecule has 4 N–H and O–H groups in total. The van der Waals surface area contributed by atoms with E-state index < -0.39 is 0 Å². The van der Waals surface area contributed by atoms with Crippen molar-refractivity contribution in [2.45, 2.75) is 63.5 Å². The first-order valence-electron chi connectivity index (χ1n) is 13.7. The van der Waals surface area contributed by atoms with Crippen molar-refractivity contribution in [1.29, 1.82) is 0 Å². The van der Waals surface area contributed by atoms with E-state index in [-0.39, 0.29) is 0 Å². The first-order chi connectivity index (χ1) is 17.8. The first kappa shape index (κ1) is 26.7. The third-order valence-electron chi connectivity index (χ3n) is 6.96. The molecule has 1 aliphatic heterocycles. The van der Waals surface area contributed by atoms with E-state index in [2.05, 4.69) is 45.9 Å². The van der Waals surface area contributed by atoms with E-state index >= 15 is 0 Å². The van der Waals surface area contributed by atoms with Crippen molar-refractivity contribution in [2.75, 3.05) is 63.2 Å². The van der Waals surface area contributed by atoms with Crippen LogP contribution in [0.2, 0.25) is 0 Å². The summed E-state index contributed by atoms with van der Waals surface area (Å²) in [5.41, 5.74) is 6.80. The second-order valence-electron chi connectivity index (χ2n) is 9.80. The van der Waals surface area contributed by atoms with E-state index in [9.17, 15) is 0 Å². The van der Waals surface area contributed by atoms with Gasteiger partial charge in [0, 0.05) is 44.7 Å². The number of anilines is 2. The molecule has 9 heteroatoms. The van der Waals surface area contributed by atoms with Gasteiger partial charge in [0.05, 0.1) is 26.4 Å². The third kappa shape index (κ3) is 8.96. The largest absolute Gasteiger partial charge is 0.378 e. The third-order valence-corrected chi connectivity index (χ3v) is 6.96. The summed E-state index contributed by atoms with van der Waals surface area (Å²) in [7, 11) is 0. The van der Waals surface area contributed by atoms with Gasteiger partial charge in [0.2, 0.25) is 11.9 Å². The number of hydrogen-bond acceptors (Lipinski definition) is 9. The molecule has 0 amide bonds. The summed E-state index contributed by atoms with van der Waals surface area (Å²) < 4.78 is 11.0. The van der Waals surface area contributed by atoms with Gasteiger partial charge in [-0.05, 0) is 31.2 Å². The van der Waals surface area contributed by atoms with Crippen LogP contribution in [-0.4, -0.2) is 78.5 Å². The number of nitrogens with one attached hydrogen (secondary N) is 2. The van der Waals surface area contributed by atoms with Crippen LogP contribution in [0.1, 0.15) is 62.3 Å². The fraction of sp³-hybridized carbons (Fsp3) is 0.667. The lowest BCUT2D eigenvalue weighted by Crippen LogP contribution is -2.39. The van der Waals surface area contributed by atoms with Crippen LogP contribution in [-0.2, 0) is 16.0 Å². The van der Waals surface area contributed by atoms with Gasteiger partial charge in [-0.2, -0.15) is 15.0 Å². The van der Waals surface area contributed by atoms with Gasteiger partial charge in [-0.25, -0.2) is 0 Å². The van der Waals surface area contributed by atoms with Crippen LogP contribution in [0.25, 0.3) is 0 Å². The molecule has 0 radical (unpaired) electrons. The van der Waals surface area contributed by atoms with Gasteiger partial charge < -0.3 is 25.8 Å². The molecule has 2 aromatic rings. The standard InChI is InChI=1S/C27H43N7O2/c28-13-17-35-19-20-36-18-14-29-26-31-25(23-9-5-2-6-10-23)32-27(33-26)30-24-11-15-34(16-12-24)21-22-7-3-1-4-8-22/h1,3-4,7-8,23-24H,2,5-6,9-21,28H2,(H2,29,30,31,32,33). The van der Waals surface area contributed by atoms with Crippen LogP contribution in [0.5, 0.6) is 0 Å². The highest BCUT2D eigenvalue weighted by molar-refractivity contribution is 5.36. The molecular weight excluding hydrogens is 454 g/mol. The summed E-state index contributed by atoms with van der Waals surface area (Å²) in [5, 5.41) is 6.97. The van der Waals surface area contributed by atoms with Crippen LogP contribution in [0.15, 0.2) is 30.3 Å². The molecule has 1 aliphatic carbocycles. The Morgan fingerprint density at radius 2 is 1.56 bits per heavy atom. The number of aromatic nitrogens is 3. The van der Waals surface area contributed by atoms with Gasteiger partial charge in [0.25, 0.3) is 0 Å². The van der Waals surface area contributed by atoms with Gasteiger partial charge in [0.1, 0.15) is 5.82 Å². The Kier molecular flexibility index (Phi) is 11.2. The Morgan fingerprint density at radius 1 is 0.833 bits per heavy atom. The SMILES string of the molecule is NCCOCCOCCNc1nc(NC2CCN(Cc3ccccc3)CC2)nc(C2CCCCC2)n1. The van der Waals surface area contributed by atoms with Crippen LogP contribution in [0.3, 0.4) is 0 Å². The van der Waals surface area contributed by atoms with E-state index in [1.165, 1.54) is 24.8 Å². The van der Waals surface area contributed by atoms with Crippen molar-refractivity contribution in [3.63, 3.8) is 0 Å². The molecule has 0 atom stereocenters. The van der Waals surface area contributed by atoms with Crippen LogP contribution in [0.4, 0.5) is 11.9 Å². The monoisotopic (exact) mass is 497 g/mol. The number of benzene rings is 1. The van der Waals surface area contributed by atoms with Gasteiger partial charge in [-0.15, -0.1) is 0 Å². The van der Waals surface area contributed by atoms with Crippen LogP contribution >= 0.6 is 0 Å². The van der Waals surface area contributed by atoms with Crippen molar-refractivity contribution >= 4 is 11.9 Å². The van der Waals surface area contributed by atoms with E-state index in [4.69, 9.17) is 30.2 Å². The highest BCUT2D eigenvalue weighted by Crippen LogP contribution is 2.31. The molecule has 0 bridgehead atoms. The minimum atomic E-state index is 0.378. The fourth-order valence-corrected chi connectivity index (χ4v) is 4.98. The lowest BCUT2D eigenvalue weighted by molar-refractivity contribution is 0.0547. The Labute approximate surface area is 215 Å². The fourth-order valence-electron chi connectivity index (χ4n) is 4.98. The van der Waals surface area contributed by atoms with Crippen molar-refractivity contribution in [1.82, 2.24) is 19.9 Å². The topological polar surface area (TPSA) is 110 Å². The number of nitrogens with two attached hydrogens (primary N) is 1.